The molecule has 3 atom stereocenters. The van der Waals surface area contributed by atoms with E-state index < -0.39 is 0 Å². The van der Waals surface area contributed by atoms with E-state index >= 15 is 0 Å². The van der Waals surface area contributed by atoms with Crippen molar-refractivity contribution < 1.29 is 4.39 Å². The minimum Gasteiger partial charge on any atom is -0.367 e. The van der Waals surface area contributed by atoms with E-state index in [2.05, 4.69) is 25.7 Å². The molecule has 1 aliphatic heterocycles. The Balaban J connectivity index is 2.29. The highest BCUT2D eigenvalue weighted by molar-refractivity contribution is 8.00. The zero-order chi connectivity index (χ0) is 14.7. The minimum atomic E-state index is -0.114. The maximum Gasteiger partial charge on any atom is 0.146 e. The summed E-state index contributed by atoms with van der Waals surface area (Å²) in [7, 11) is 0. The summed E-state index contributed by atoms with van der Waals surface area (Å²) in [6.07, 6.45) is 1.66. The molecule has 0 aromatic heterocycles. The van der Waals surface area contributed by atoms with Gasteiger partial charge in [-0.15, -0.1) is 0 Å². The summed E-state index contributed by atoms with van der Waals surface area (Å²) in [4.78, 5) is 2.21. The Bertz CT molecular complexity index is 442. The van der Waals surface area contributed by atoms with E-state index in [-0.39, 0.29) is 11.9 Å². The van der Waals surface area contributed by atoms with Crippen LogP contribution in [-0.2, 0) is 6.42 Å². The maximum atomic E-state index is 14.4. The van der Waals surface area contributed by atoms with E-state index in [0.717, 1.165) is 37.2 Å². The van der Waals surface area contributed by atoms with Crippen molar-refractivity contribution in [1.82, 2.24) is 0 Å². The molecule has 2 N–H and O–H groups in total. The SMILES string of the molecule is CCC(N)Cc1cccc(F)c1N1CC(C)SC(C)C1. The third-order valence-electron chi connectivity index (χ3n) is 3.81. The fraction of sp³-hybridized carbons (Fsp3) is 0.625. The number of benzene rings is 1. The third kappa shape index (κ3) is 3.67. The number of nitrogens with zero attached hydrogens (tertiary/aromatic N) is 1. The largest absolute Gasteiger partial charge is 0.367 e. The van der Waals surface area contributed by atoms with Crippen LogP contribution in [0.25, 0.3) is 0 Å². The Morgan fingerprint density at radius 2 is 2.00 bits per heavy atom. The third-order valence-corrected chi connectivity index (χ3v) is 5.04. The smallest absolute Gasteiger partial charge is 0.146 e. The first-order valence-electron chi connectivity index (χ1n) is 7.44. The number of halogens is 1. The van der Waals surface area contributed by atoms with Crippen molar-refractivity contribution in [3.8, 4) is 0 Å². The summed E-state index contributed by atoms with van der Waals surface area (Å²) in [6, 6.07) is 5.48. The molecular weight excluding hydrogens is 271 g/mol. The molecule has 112 valence electrons. The molecule has 0 bridgehead atoms. The van der Waals surface area contributed by atoms with Gasteiger partial charge in [0.25, 0.3) is 0 Å². The quantitative estimate of drug-likeness (QED) is 0.923. The van der Waals surface area contributed by atoms with Crippen molar-refractivity contribution in [2.75, 3.05) is 18.0 Å². The predicted octanol–water partition coefficient (Wildman–Crippen LogP) is 3.44. The number of nitrogens with two attached hydrogens (primary N) is 1. The molecule has 0 amide bonds. The van der Waals surface area contributed by atoms with Crippen LogP contribution in [0.15, 0.2) is 18.2 Å². The normalized spacial score (nSPS) is 24.8. The lowest BCUT2D eigenvalue weighted by molar-refractivity contribution is 0.598. The molecule has 4 heteroatoms. The van der Waals surface area contributed by atoms with Crippen LogP contribution in [0.5, 0.6) is 0 Å². The van der Waals surface area contributed by atoms with Crippen molar-refractivity contribution >= 4 is 17.4 Å². The number of hydrogen-bond acceptors (Lipinski definition) is 3. The lowest BCUT2D eigenvalue weighted by Crippen LogP contribution is -2.41. The molecule has 2 rings (SSSR count). The van der Waals surface area contributed by atoms with Crippen molar-refractivity contribution in [3.63, 3.8) is 0 Å². The van der Waals surface area contributed by atoms with Gasteiger partial charge in [-0.2, -0.15) is 11.8 Å². The molecular formula is C16H25FN2S. The van der Waals surface area contributed by atoms with E-state index in [1.165, 1.54) is 0 Å². The molecule has 0 spiro atoms. The zero-order valence-electron chi connectivity index (χ0n) is 12.6. The van der Waals surface area contributed by atoms with Crippen LogP contribution in [-0.4, -0.2) is 29.6 Å². The summed E-state index contributed by atoms with van der Waals surface area (Å²) in [5.74, 6) is -0.114. The van der Waals surface area contributed by atoms with Gasteiger partial charge >= 0.3 is 0 Å². The Kier molecular flexibility index (Phi) is 5.33. The van der Waals surface area contributed by atoms with Crippen LogP contribution in [0, 0.1) is 5.82 Å². The number of para-hydroxylation sites is 1. The van der Waals surface area contributed by atoms with Gasteiger partial charge < -0.3 is 10.6 Å². The van der Waals surface area contributed by atoms with Gasteiger partial charge in [-0.3, -0.25) is 0 Å². The first kappa shape index (κ1) is 15.6. The summed E-state index contributed by atoms with van der Waals surface area (Å²) in [6.45, 7) is 8.32. The number of thioether (sulfide) groups is 1. The van der Waals surface area contributed by atoms with E-state index in [1.807, 2.05) is 17.8 Å². The monoisotopic (exact) mass is 296 g/mol. The van der Waals surface area contributed by atoms with E-state index in [1.54, 1.807) is 12.1 Å². The first-order chi connectivity index (χ1) is 9.51. The molecule has 0 saturated carbocycles. The molecule has 3 unspecified atom stereocenters. The standard InChI is InChI=1S/C16H25FN2S/c1-4-14(18)8-13-6-5-7-15(17)16(13)19-9-11(2)20-12(3)10-19/h5-7,11-12,14H,4,8-10,18H2,1-3H3. The summed E-state index contributed by atoms with van der Waals surface area (Å²) in [5, 5.41) is 1.07. The fourth-order valence-electron chi connectivity index (χ4n) is 2.87. The average molecular weight is 296 g/mol. The Morgan fingerprint density at radius 3 is 2.60 bits per heavy atom. The van der Waals surface area contributed by atoms with Gasteiger partial charge in [-0.1, -0.05) is 32.9 Å². The Labute approximate surface area is 125 Å². The fourth-order valence-corrected chi connectivity index (χ4v) is 4.19. The van der Waals surface area contributed by atoms with Crippen LogP contribution in [0.2, 0.25) is 0 Å². The maximum absolute atomic E-state index is 14.4. The summed E-state index contributed by atoms with van der Waals surface area (Å²) < 4.78 is 14.4. The van der Waals surface area contributed by atoms with Crippen LogP contribution in [0.4, 0.5) is 10.1 Å². The minimum absolute atomic E-state index is 0.101. The van der Waals surface area contributed by atoms with E-state index in [9.17, 15) is 4.39 Å². The average Bonchev–Trinajstić information content (AvgIpc) is 2.37. The van der Waals surface area contributed by atoms with Gasteiger partial charge in [0, 0.05) is 29.6 Å². The molecule has 1 heterocycles. The van der Waals surface area contributed by atoms with Crippen LogP contribution >= 0.6 is 11.8 Å². The van der Waals surface area contributed by atoms with Crippen molar-refractivity contribution in [2.24, 2.45) is 5.73 Å². The second-order valence-electron chi connectivity index (χ2n) is 5.78. The highest BCUT2D eigenvalue weighted by Crippen LogP contribution is 2.32. The number of hydrogen-bond donors (Lipinski definition) is 1. The van der Waals surface area contributed by atoms with Gasteiger partial charge in [0.15, 0.2) is 0 Å². The van der Waals surface area contributed by atoms with E-state index in [0.29, 0.717) is 10.5 Å². The Morgan fingerprint density at radius 1 is 1.35 bits per heavy atom. The van der Waals surface area contributed by atoms with Crippen LogP contribution < -0.4 is 10.6 Å². The molecule has 1 saturated heterocycles. The number of anilines is 1. The van der Waals surface area contributed by atoms with Gasteiger partial charge in [0.05, 0.1) is 5.69 Å². The topological polar surface area (TPSA) is 29.3 Å². The van der Waals surface area contributed by atoms with Crippen molar-refractivity contribution in [3.05, 3.63) is 29.6 Å². The summed E-state index contributed by atoms with van der Waals surface area (Å²) >= 11 is 1.98. The lowest BCUT2D eigenvalue weighted by atomic mass is 10.0. The van der Waals surface area contributed by atoms with Crippen molar-refractivity contribution in [2.45, 2.75) is 50.2 Å². The van der Waals surface area contributed by atoms with Gasteiger partial charge in [-0.05, 0) is 24.5 Å². The molecule has 20 heavy (non-hydrogen) atoms. The first-order valence-corrected chi connectivity index (χ1v) is 8.38. The number of rotatable bonds is 4. The Hall–Kier alpha value is -0.740. The molecule has 1 aromatic rings. The zero-order valence-corrected chi connectivity index (χ0v) is 13.4. The highest BCUT2D eigenvalue weighted by Gasteiger charge is 2.26. The predicted molar refractivity (Wildman–Crippen MR) is 87.1 cm³/mol. The molecule has 1 aromatic carbocycles. The lowest BCUT2D eigenvalue weighted by Gasteiger charge is -2.37. The molecule has 2 nitrogen and oxygen atoms in total. The molecule has 0 aliphatic carbocycles. The summed E-state index contributed by atoms with van der Waals surface area (Å²) in [5.41, 5.74) is 7.88. The van der Waals surface area contributed by atoms with Crippen LogP contribution in [0.3, 0.4) is 0 Å². The molecule has 0 radical (unpaired) electrons. The molecule has 1 fully saturated rings. The second-order valence-corrected chi connectivity index (χ2v) is 7.66. The van der Waals surface area contributed by atoms with Crippen LogP contribution in [0.1, 0.15) is 32.8 Å². The van der Waals surface area contributed by atoms with E-state index in [4.69, 9.17) is 5.73 Å². The van der Waals surface area contributed by atoms with Crippen molar-refractivity contribution in [1.29, 1.82) is 0 Å². The van der Waals surface area contributed by atoms with Gasteiger partial charge in [0.2, 0.25) is 0 Å². The van der Waals surface area contributed by atoms with Gasteiger partial charge in [0.1, 0.15) is 5.82 Å². The highest BCUT2D eigenvalue weighted by atomic mass is 32.2. The molecule has 1 aliphatic rings. The second kappa shape index (κ2) is 6.81. The van der Waals surface area contributed by atoms with Gasteiger partial charge in [-0.25, -0.2) is 4.39 Å².